The van der Waals surface area contributed by atoms with Gasteiger partial charge in [-0.2, -0.15) is 0 Å². The summed E-state index contributed by atoms with van der Waals surface area (Å²) in [6, 6.07) is 16.9. The number of hydrogen-bond acceptors (Lipinski definition) is 4. The zero-order valence-electron chi connectivity index (χ0n) is 19.1. The van der Waals surface area contributed by atoms with E-state index < -0.39 is 0 Å². The lowest BCUT2D eigenvalue weighted by atomic mass is 9.94. The zero-order chi connectivity index (χ0) is 22.9. The summed E-state index contributed by atoms with van der Waals surface area (Å²) in [7, 11) is 0. The van der Waals surface area contributed by atoms with Crippen molar-refractivity contribution in [2.45, 2.75) is 57.9 Å². The number of nitrogens with zero attached hydrogens (tertiary/aromatic N) is 2. The van der Waals surface area contributed by atoms with Crippen LogP contribution in [0.1, 0.15) is 69.3 Å². The van der Waals surface area contributed by atoms with Crippen LogP contribution in [0.5, 0.6) is 0 Å². The van der Waals surface area contributed by atoms with Gasteiger partial charge in [0.1, 0.15) is 5.82 Å². The lowest BCUT2D eigenvalue weighted by Crippen LogP contribution is -2.39. The molecule has 170 valence electrons. The predicted octanol–water partition coefficient (Wildman–Crippen LogP) is 4.53. The number of amides is 1. The van der Waals surface area contributed by atoms with Gasteiger partial charge in [0, 0.05) is 6.54 Å². The molecule has 2 unspecified atom stereocenters. The minimum Gasteiger partial charge on any atom is -0.332 e. The average molecular weight is 435 g/mol. The number of fused-ring (bicyclic) bond motifs is 1. The lowest BCUT2D eigenvalue weighted by Gasteiger charge is -2.32. The number of carbonyl (C=O) groups is 1. The summed E-state index contributed by atoms with van der Waals surface area (Å²) >= 11 is 0. The Morgan fingerprint density at radius 3 is 2.44 bits per heavy atom. The van der Waals surface area contributed by atoms with E-state index in [0.717, 1.165) is 31.2 Å². The molecule has 1 heterocycles. The topological polar surface area (TPSA) is 92.1 Å². The molecule has 2 atom stereocenters. The highest BCUT2D eigenvalue weighted by molar-refractivity contribution is 5.84. The van der Waals surface area contributed by atoms with Gasteiger partial charge in [-0.1, -0.05) is 62.2 Å². The van der Waals surface area contributed by atoms with Gasteiger partial charge in [0.05, 0.1) is 22.9 Å². The summed E-state index contributed by atoms with van der Waals surface area (Å²) in [5.41, 5.74) is 7.10. The number of rotatable bonds is 11. The van der Waals surface area contributed by atoms with E-state index in [1.165, 1.54) is 0 Å². The summed E-state index contributed by atoms with van der Waals surface area (Å²) in [4.78, 5) is 35.9. The molecule has 3 rings (SSSR count). The van der Waals surface area contributed by atoms with Gasteiger partial charge in [0.15, 0.2) is 0 Å². The Morgan fingerprint density at radius 1 is 1.03 bits per heavy atom. The first kappa shape index (κ1) is 23.7. The van der Waals surface area contributed by atoms with Crippen molar-refractivity contribution in [3.8, 4) is 0 Å². The van der Waals surface area contributed by atoms with Gasteiger partial charge >= 0.3 is 0 Å². The fourth-order valence-corrected chi connectivity index (χ4v) is 4.16. The first-order chi connectivity index (χ1) is 15.6. The molecule has 0 aliphatic carbocycles. The van der Waals surface area contributed by atoms with Crippen LogP contribution < -0.4 is 11.3 Å². The number of para-hydroxylation sites is 1. The zero-order valence-corrected chi connectivity index (χ0v) is 19.1. The van der Waals surface area contributed by atoms with Crippen LogP contribution in [-0.4, -0.2) is 33.9 Å². The molecule has 0 fully saturated rings. The van der Waals surface area contributed by atoms with E-state index in [1.807, 2.05) is 67.3 Å². The molecule has 3 aromatic rings. The Balaban J connectivity index is 1.90. The maximum atomic E-state index is 13.7. The van der Waals surface area contributed by atoms with E-state index in [9.17, 15) is 9.59 Å². The predicted molar refractivity (Wildman–Crippen MR) is 129 cm³/mol. The molecule has 2 aromatic carbocycles. The third kappa shape index (κ3) is 5.62. The van der Waals surface area contributed by atoms with Crippen LogP contribution in [0, 0.1) is 0 Å². The monoisotopic (exact) mass is 434 g/mol. The minimum absolute atomic E-state index is 0.0702. The second kappa shape index (κ2) is 11.6. The molecular weight excluding hydrogens is 400 g/mol. The molecule has 0 saturated carbocycles. The standard InChI is InChI=1S/C26H34N4O2/c1-3-21(20-13-7-6-8-14-20)26(32)30(18-12-5-4-11-17-27)19(2)24-28-23-16-10-9-15-22(23)25(31)29-24/h6-10,13-16,19,21H,3-5,11-12,17-18,27H2,1-2H3,(H,28,29,31). The van der Waals surface area contributed by atoms with Crippen molar-refractivity contribution in [1.82, 2.24) is 14.9 Å². The Bertz CT molecular complexity index is 1060. The highest BCUT2D eigenvalue weighted by atomic mass is 16.2. The summed E-state index contributed by atoms with van der Waals surface area (Å²) in [5, 5.41) is 0.554. The van der Waals surface area contributed by atoms with E-state index in [4.69, 9.17) is 5.73 Å². The molecule has 1 aromatic heterocycles. The Kier molecular flexibility index (Phi) is 8.56. The molecule has 1 amide bonds. The van der Waals surface area contributed by atoms with Gasteiger partial charge < -0.3 is 15.6 Å². The number of H-pyrrole nitrogens is 1. The van der Waals surface area contributed by atoms with E-state index in [2.05, 4.69) is 9.97 Å². The molecule has 0 radical (unpaired) electrons. The van der Waals surface area contributed by atoms with Crippen molar-refractivity contribution in [1.29, 1.82) is 0 Å². The van der Waals surface area contributed by atoms with E-state index in [1.54, 1.807) is 6.07 Å². The molecule has 6 heteroatoms. The first-order valence-corrected chi connectivity index (χ1v) is 11.6. The second-order valence-electron chi connectivity index (χ2n) is 8.25. The number of hydrogen-bond donors (Lipinski definition) is 2. The molecule has 0 aliphatic rings. The van der Waals surface area contributed by atoms with Crippen molar-refractivity contribution < 1.29 is 4.79 Å². The van der Waals surface area contributed by atoms with E-state index >= 15 is 0 Å². The third-order valence-corrected chi connectivity index (χ3v) is 6.04. The number of nitrogens with two attached hydrogens (primary N) is 1. The summed E-state index contributed by atoms with van der Waals surface area (Å²) in [6.45, 7) is 5.29. The van der Waals surface area contributed by atoms with Crippen LogP contribution in [0.2, 0.25) is 0 Å². The van der Waals surface area contributed by atoms with Gasteiger partial charge in [-0.25, -0.2) is 4.98 Å². The SMILES string of the molecule is CCC(C(=O)N(CCCCCCN)C(C)c1nc2ccccc2c(=O)[nH]1)c1ccccc1. The number of nitrogens with one attached hydrogen (secondary N) is 1. The summed E-state index contributed by atoms with van der Waals surface area (Å²) in [6.07, 6.45) is 4.65. The smallest absolute Gasteiger partial charge is 0.258 e. The summed E-state index contributed by atoms with van der Waals surface area (Å²) in [5.74, 6) is 0.364. The largest absolute Gasteiger partial charge is 0.332 e. The van der Waals surface area contributed by atoms with Crippen LogP contribution in [0.15, 0.2) is 59.4 Å². The van der Waals surface area contributed by atoms with Gasteiger partial charge in [0.25, 0.3) is 5.56 Å². The van der Waals surface area contributed by atoms with E-state index in [0.29, 0.717) is 36.2 Å². The highest BCUT2D eigenvalue weighted by Crippen LogP contribution is 2.27. The molecular formula is C26H34N4O2. The Labute approximate surface area is 189 Å². The lowest BCUT2D eigenvalue weighted by molar-refractivity contribution is -0.135. The second-order valence-corrected chi connectivity index (χ2v) is 8.25. The van der Waals surface area contributed by atoms with Crippen molar-refractivity contribution in [2.24, 2.45) is 5.73 Å². The Hall–Kier alpha value is -2.99. The molecule has 0 spiro atoms. The molecule has 0 saturated heterocycles. The van der Waals surface area contributed by atoms with Gasteiger partial charge in [0.2, 0.25) is 5.91 Å². The molecule has 0 bridgehead atoms. The molecule has 32 heavy (non-hydrogen) atoms. The molecule has 3 N–H and O–H groups in total. The average Bonchev–Trinajstić information content (AvgIpc) is 2.82. The quantitative estimate of drug-likeness (QED) is 0.434. The van der Waals surface area contributed by atoms with Gasteiger partial charge in [-0.3, -0.25) is 9.59 Å². The summed E-state index contributed by atoms with van der Waals surface area (Å²) < 4.78 is 0. The molecule has 6 nitrogen and oxygen atoms in total. The third-order valence-electron chi connectivity index (χ3n) is 6.04. The number of unbranched alkanes of at least 4 members (excludes halogenated alkanes) is 3. The van der Waals surface area contributed by atoms with E-state index in [-0.39, 0.29) is 23.4 Å². The molecule has 0 aliphatic heterocycles. The van der Waals surface area contributed by atoms with Crippen molar-refractivity contribution in [3.05, 3.63) is 76.3 Å². The van der Waals surface area contributed by atoms with Crippen molar-refractivity contribution in [3.63, 3.8) is 0 Å². The van der Waals surface area contributed by atoms with Crippen molar-refractivity contribution in [2.75, 3.05) is 13.1 Å². The van der Waals surface area contributed by atoms with Crippen LogP contribution in [0.4, 0.5) is 0 Å². The maximum Gasteiger partial charge on any atom is 0.258 e. The fraction of sp³-hybridized carbons (Fsp3) is 0.423. The van der Waals surface area contributed by atoms with Crippen LogP contribution >= 0.6 is 0 Å². The number of aromatic nitrogens is 2. The fourth-order valence-electron chi connectivity index (χ4n) is 4.16. The first-order valence-electron chi connectivity index (χ1n) is 11.6. The van der Waals surface area contributed by atoms with Crippen molar-refractivity contribution >= 4 is 16.8 Å². The van der Waals surface area contributed by atoms with Crippen LogP contribution in [-0.2, 0) is 4.79 Å². The number of aromatic amines is 1. The number of carbonyl (C=O) groups excluding carboxylic acids is 1. The normalized spacial score (nSPS) is 13.1. The van der Waals surface area contributed by atoms with Gasteiger partial charge in [-0.15, -0.1) is 0 Å². The van der Waals surface area contributed by atoms with Crippen LogP contribution in [0.25, 0.3) is 10.9 Å². The minimum atomic E-state index is -0.341. The highest BCUT2D eigenvalue weighted by Gasteiger charge is 2.29. The number of benzene rings is 2. The Morgan fingerprint density at radius 2 is 1.72 bits per heavy atom. The van der Waals surface area contributed by atoms with Crippen LogP contribution in [0.3, 0.4) is 0 Å². The maximum absolute atomic E-state index is 13.7. The van der Waals surface area contributed by atoms with Gasteiger partial charge in [-0.05, 0) is 50.4 Å².